The number of amides is 1. The number of hydrogen-bond donors (Lipinski definition) is 2. The van der Waals surface area contributed by atoms with Crippen LogP contribution in [0.4, 0.5) is 5.13 Å². The molecule has 0 spiro atoms. The van der Waals surface area contributed by atoms with E-state index in [2.05, 4.69) is 14.7 Å². The summed E-state index contributed by atoms with van der Waals surface area (Å²) in [6.45, 7) is 1.63. The summed E-state index contributed by atoms with van der Waals surface area (Å²) in [5.74, 6) is -0.920. The average Bonchev–Trinajstić information content (AvgIpc) is 3.06. The van der Waals surface area contributed by atoms with Crippen LogP contribution in [0.25, 0.3) is 11.1 Å². The quantitative estimate of drug-likeness (QED) is 0.702. The topological polar surface area (TPSA) is 125 Å². The van der Waals surface area contributed by atoms with Crippen LogP contribution in [0.5, 0.6) is 0 Å². The number of sulfonamides is 1. The molecule has 11 heteroatoms. The fourth-order valence-corrected chi connectivity index (χ4v) is 4.35. The van der Waals surface area contributed by atoms with Crippen LogP contribution in [-0.4, -0.2) is 43.3 Å². The highest BCUT2D eigenvalue weighted by Crippen LogP contribution is 2.26. The van der Waals surface area contributed by atoms with Crippen LogP contribution in [0.15, 0.2) is 32.3 Å². The van der Waals surface area contributed by atoms with Gasteiger partial charge in [0, 0.05) is 20.2 Å². The molecule has 2 aromatic heterocycles. The Balaban J connectivity index is 1.94. The number of nitrogens with one attached hydrogen (secondary N) is 2. The first-order valence-corrected chi connectivity index (χ1v) is 9.32. The highest BCUT2D eigenvalue weighted by molar-refractivity contribution is 7.93. The summed E-state index contributed by atoms with van der Waals surface area (Å²) in [4.78, 5) is 31.4. The van der Waals surface area contributed by atoms with Gasteiger partial charge in [0.25, 0.3) is 15.9 Å². The Kier molecular flexibility index (Phi) is 4.13. The minimum atomic E-state index is -3.95. The van der Waals surface area contributed by atoms with Gasteiger partial charge in [-0.25, -0.2) is 18.2 Å². The van der Waals surface area contributed by atoms with E-state index in [1.165, 1.54) is 23.1 Å². The largest absolute Gasteiger partial charge is 0.417 e. The van der Waals surface area contributed by atoms with Crippen molar-refractivity contribution < 1.29 is 17.6 Å². The molecule has 0 aliphatic rings. The number of aromatic amines is 1. The average molecular weight is 382 g/mol. The predicted octanol–water partition coefficient (Wildman–Crippen LogP) is 1.39. The monoisotopic (exact) mass is 382 g/mol. The van der Waals surface area contributed by atoms with Gasteiger partial charge < -0.3 is 9.32 Å². The number of oxazole rings is 1. The number of rotatable bonds is 4. The van der Waals surface area contributed by atoms with Crippen LogP contribution in [0.1, 0.15) is 15.4 Å². The van der Waals surface area contributed by atoms with Crippen LogP contribution < -0.4 is 10.5 Å². The SMILES string of the molecule is Cc1nc(NS(=O)(=O)c2ccc3[nH]c(=O)oc3c2)sc1C(=O)N(C)C. The van der Waals surface area contributed by atoms with E-state index in [1.807, 2.05) is 0 Å². The van der Waals surface area contributed by atoms with Crippen LogP contribution in [-0.2, 0) is 10.0 Å². The van der Waals surface area contributed by atoms with Crippen molar-refractivity contribution in [3.63, 3.8) is 0 Å². The Bertz CT molecular complexity index is 1120. The molecule has 2 N–H and O–H groups in total. The summed E-state index contributed by atoms with van der Waals surface area (Å²) in [5, 5.41) is 0.0818. The van der Waals surface area contributed by atoms with Crippen LogP contribution in [0, 0.1) is 6.92 Å². The van der Waals surface area contributed by atoms with Crippen molar-refractivity contribution in [1.82, 2.24) is 14.9 Å². The van der Waals surface area contributed by atoms with Crippen molar-refractivity contribution >= 4 is 43.5 Å². The van der Waals surface area contributed by atoms with Gasteiger partial charge >= 0.3 is 5.76 Å². The van der Waals surface area contributed by atoms with Gasteiger partial charge in [0.1, 0.15) is 4.88 Å². The van der Waals surface area contributed by atoms with Gasteiger partial charge in [-0.05, 0) is 19.1 Å². The van der Waals surface area contributed by atoms with Gasteiger partial charge in [0.15, 0.2) is 10.7 Å². The smallest absolute Gasteiger partial charge is 0.408 e. The zero-order valence-electron chi connectivity index (χ0n) is 13.5. The number of aromatic nitrogens is 2. The zero-order chi connectivity index (χ0) is 18.4. The number of carbonyl (C=O) groups excluding carboxylic acids is 1. The molecular formula is C14H14N4O5S2. The fraction of sp³-hybridized carbons (Fsp3) is 0.214. The Hall–Kier alpha value is -2.66. The van der Waals surface area contributed by atoms with E-state index in [4.69, 9.17) is 4.42 Å². The molecule has 0 saturated carbocycles. The molecule has 0 aliphatic carbocycles. The maximum atomic E-state index is 12.5. The fourth-order valence-electron chi connectivity index (χ4n) is 2.11. The molecule has 3 rings (SSSR count). The summed E-state index contributed by atoms with van der Waals surface area (Å²) in [5.41, 5.74) is 0.966. The van der Waals surface area contributed by atoms with Crippen molar-refractivity contribution in [2.45, 2.75) is 11.8 Å². The standard InChI is InChI=1S/C14H14N4O5S2/c1-7-11(12(19)18(2)3)24-13(15-7)17-25(21,22)8-4-5-9-10(6-8)23-14(20)16-9/h4-6H,1-3H3,(H,15,17)(H,16,20). The molecule has 2 heterocycles. The second-order valence-corrected chi connectivity index (χ2v) is 8.09. The number of hydrogen-bond acceptors (Lipinski definition) is 7. The van der Waals surface area contributed by atoms with Gasteiger partial charge in [-0.15, -0.1) is 0 Å². The van der Waals surface area contributed by atoms with Crippen molar-refractivity contribution in [3.05, 3.63) is 39.3 Å². The Morgan fingerprint density at radius 3 is 2.76 bits per heavy atom. The maximum absolute atomic E-state index is 12.5. The van der Waals surface area contributed by atoms with Gasteiger partial charge in [-0.1, -0.05) is 11.3 Å². The van der Waals surface area contributed by atoms with E-state index in [1.54, 1.807) is 21.0 Å². The summed E-state index contributed by atoms with van der Waals surface area (Å²) in [6.07, 6.45) is 0. The molecule has 0 fully saturated rings. The van der Waals surface area contributed by atoms with Crippen molar-refractivity contribution in [1.29, 1.82) is 0 Å². The molecule has 3 aromatic rings. The first-order chi connectivity index (χ1) is 11.7. The summed E-state index contributed by atoms with van der Waals surface area (Å²) < 4.78 is 32.2. The number of carbonyl (C=O) groups is 1. The lowest BCUT2D eigenvalue weighted by atomic mass is 10.3. The molecule has 25 heavy (non-hydrogen) atoms. The third-order valence-electron chi connectivity index (χ3n) is 3.32. The van der Waals surface area contributed by atoms with Crippen LogP contribution >= 0.6 is 11.3 Å². The molecule has 1 amide bonds. The predicted molar refractivity (Wildman–Crippen MR) is 92.5 cm³/mol. The van der Waals surface area contributed by atoms with Gasteiger partial charge in [-0.2, -0.15) is 0 Å². The van der Waals surface area contributed by atoms with E-state index in [-0.39, 0.29) is 21.5 Å². The number of aryl methyl sites for hydroxylation is 1. The third-order valence-corrected chi connectivity index (χ3v) is 5.85. The summed E-state index contributed by atoms with van der Waals surface area (Å²) >= 11 is 0.953. The zero-order valence-corrected chi connectivity index (χ0v) is 15.1. The van der Waals surface area contributed by atoms with Crippen LogP contribution in [0.2, 0.25) is 0 Å². The molecule has 132 valence electrons. The highest BCUT2D eigenvalue weighted by Gasteiger charge is 2.21. The number of thiazole rings is 1. The number of H-pyrrole nitrogens is 1. The number of anilines is 1. The lowest BCUT2D eigenvalue weighted by Gasteiger charge is -2.07. The second-order valence-electron chi connectivity index (χ2n) is 5.41. The van der Waals surface area contributed by atoms with E-state index in [0.29, 0.717) is 16.1 Å². The first-order valence-electron chi connectivity index (χ1n) is 7.02. The molecule has 0 radical (unpaired) electrons. The summed E-state index contributed by atoms with van der Waals surface area (Å²) in [7, 11) is -0.743. The molecule has 0 aliphatic heterocycles. The van der Waals surface area contributed by atoms with Crippen molar-refractivity contribution in [3.8, 4) is 0 Å². The minimum absolute atomic E-state index is 0.0818. The van der Waals surface area contributed by atoms with E-state index < -0.39 is 15.8 Å². The van der Waals surface area contributed by atoms with Crippen molar-refractivity contribution in [2.24, 2.45) is 0 Å². The Morgan fingerprint density at radius 1 is 1.36 bits per heavy atom. The van der Waals surface area contributed by atoms with Crippen LogP contribution in [0.3, 0.4) is 0 Å². The number of nitrogens with zero attached hydrogens (tertiary/aromatic N) is 2. The molecule has 0 unspecified atom stereocenters. The highest BCUT2D eigenvalue weighted by atomic mass is 32.2. The minimum Gasteiger partial charge on any atom is -0.408 e. The summed E-state index contributed by atoms with van der Waals surface area (Å²) in [6, 6.07) is 4.01. The second kappa shape index (κ2) is 6.01. The molecule has 1 aromatic carbocycles. The van der Waals surface area contributed by atoms with E-state index >= 15 is 0 Å². The lowest BCUT2D eigenvalue weighted by Crippen LogP contribution is -2.21. The molecule has 0 atom stereocenters. The molecule has 0 saturated heterocycles. The normalized spacial score (nSPS) is 11.6. The van der Waals surface area contributed by atoms with Gasteiger partial charge in [0.2, 0.25) is 0 Å². The number of benzene rings is 1. The Labute approximate surface area is 146 Å². The molecular weight excluding hydrogens is 368 g/mol. The van der Waals surface area contributed by atoms with Gasteiger partial charge in [-0.3, -0.25) is 14.5 Å². The van der Waals surface area contributed by atoms with E-state index in [0.717, 1.165) is 11.3 Å². The number of fused-ring (bicyclic) bond motifs is 1. The lowest BCUT2D eigenvalue weighted by molar-refractivity contribution is 0.0831. The van der Waals surface area contributed by atoms with Crippen molar-refractivity contribution in [2.75, 3.05) is 18.8 Å². The van der Waals surface area contributed by atoms with E-state index in [9.17, 15) is 18.0 Å². The maximum Gasteiger partial charge on any atom is 0.417 e. The molecule has 0 bridgehead atoms. The first kappa shape index (κ1) is 17.2. The van der Waals surface area contributed by atoms with Gasteiger partial charge in [0.05, 0.1) is 16.1 Å². The third kappa shape index (κ3) is 3.28. The molecule has 9 nitrogen and oxygen atoms in total. The Morgan fingerprint density at radius 2 is 2.08 bits per heavy atom.